The predicted molar refractivity (Wildman–Crippen MR) is 523 cm³/mol. The summed E-state index contributed by atoms with van der Waals surface area (Å²) in [5, 5.41) is 29.2. The molecule has 13 atom stereocenters. The van der Waals surface area contributed by atoms with Crippen molar-refractivity contribution in [1.82, 2.24) is 4.90 Å². The van der Waals surface area contributed by atoms with Gasteiger partial charge in [-0.05, 0) is 169 Å². The number of hydrogen-bond donors (Lipinski definition) is 3. The molecule has 0 bridgehead atoms. The molecule has 0 radical (unpaired) electrons. The summed E-state index contributed by atoms with van der Waals surface area (Å²) in [5.74, 6) is 3.91. The van der Waals surface area contributed by atoms with Gasteiger partial charge in [0.25, 0.3) is 0 Å². The van der Waals surface area contributed by atoms with E-state index in [4.69, 9.17) is 38.6 Å². The molecule has 0 unspecified atom stereocenters. The van der Waals surface area contributed by atoms with Crippen molar-refractivity contribution < 1.29 is 82.1 Å². The van der Waals surface area contributed by atoms with Crippen molar-refractivity contribution >= 4 is 63.6 Å². The van der Waals surface area contributed by atoms with Crippen molar-refractivity contribution in [2.75, 3.05) is 58.6 Å². The third-order valence-electron chi connectivity index (χ3n) is 24.4. The number of aliphatic hydroxyl groups excluding tert-OH is 2. The number of likely N-dealkylation sites (N-methyl/N-ethyl adjacent to an activating group) is 1. The van der Waals surface area contributed by atoms with Gasteiger partial charge in [0.05, 0.1) is 82.4 Å². The zero-order chi connectivity index (χ0) is 96.7. The summed E-state index contributed by atoms with van der Waals surface area (Å²) in [6, 6.07) is 70.5. The van der Waals surface area contributed by atoms with Crippen molar-refractivity contribution in [3.8, 4) is 0 Å². The van der Waals surface area contributed by atoms with E-state index in [9.17, 15) is 43.5 Å². The van der Waals surface area contributed by atoms with Crippen LogP contribution in [0.15, 0.2) is 212 Å². The lowest BCUT2D eigenvalue weighted by atomic mass is 9.81. The van der Waals surface area contributed by atoms with E-state index in [-0.39, 0.29) is 109 Å². The van der Waals surface area contributed by atoms with E-state index in [1.165, 1.54) is 47.2 Å². The van der Waals surface area contributed by atoms with E-state index in [2.05, 4.69) is 193 Å². The molecule has 2 saturated heterocycles. The number of cyclic esters (lactones) is 2. The highest BCUT2D eigenvalue weighted by molar-refractivity contribution is 9.09. The average molecular weight is 1850 g/mol. The largest absolute Gasteiger partial charge is 0.481 e. The van der Waals surface area contributed by atoms with E-state index in [1.807, 2.05) is 174 Å². The third-order valence-corrected chi connectivity index (χ3v) is 25.1. The van der Waals surface area contributed by atoms with Crippen molar-refractivity contribution in [2.24, 2.45) is 112 Å². The second-order valence-electron chi connectivity index (χ2n) is 36.9. The van der Waals surface area contributed by atoms with E-state index in [0.29, 0.717) is 110 Å². The maximum atomic E-state index is 13.1. The van der Waals surface area contributed by atoms with Crippen LogP contribution in [0.4, 0.5) is 0 Å². The highest BCUT2D eigenvalue weighted by Gasteiger charge is 2.39. The number of halogens is 1. The van der Waals surface area contributed by atoms with Crippen LogP contribution < -0.4 is 0 Å². The molecule has 19 heteroatoms. The number of rotatable bonds is 38. The molecule has 2 aliphatic rings. The first-order chi connectivity index (χ1) is 61.2. The first kappa shape index (κ1) is 116. The molecule has 2 heterocycles. The Labute approximate surface area is 784 Å². The second kappa shape index (κ2) is 65.3. The number of carboxylic acids is 1. The number of alkyl halides is 1. The van der Waals surface area contributed by atoms with Gasteiger partial charge >= 0.3 is 41.8 Å². The Bertz CT molecular complexity index is 4150. The first-order valence-electron chi connectivity index (χ1n) is 46.8. The lowest BCUT2D eigenvalue weighted by molar-refractivity contribution is -0.151. The van der Waals surface area contributed by atoms with Crippen LogP contribution in [-0.2, 0) is 105 Å². The van der Waals surface area contributed by atoms with Crippen molar-refractivity contribution in [1.29, 1.82) is 0 Å². The molecule has 9 rings (SSSR count). The Kier molecular flexibility index (Phi) is 58.6. The van der Waals surface area contributed by atoms with Gasteiger partial charge in [-0.2, -0.15) is 0 Å². The summed E-state index contributed by atoms with van der Waals surface area (Å²) in [6.07, 6.45) is 4.95. The number of benzene rings is 7. The highest BCUT2D eigenvalue weighted by atomic mass is 79.9. The monoisotopic (exact) mass is 1850 g/mol. The fourth-order valence-electron chi connectivity index (χ4n) is 14.7. The summed E-state index contributed by atoms with van der Waals surface area (Å²) < 4.78 is 30.3. The molecular weight excluding hydrogens is 1690 g/mol. The number of ether oxygens (including phenoxy) is 6. The van der Waals surface area contributed by atoms with Gasteiger partial charge in [0, 0.05) is 56.5 Å². The van der Waals surface area contributed by atoms with Gasteiger partial charge in [-0.1, -0.05) is 346 Å². The molecular formula is C110H160BrNO17. The maximum Gasteiger partial charge on any atom is 0.309 e. The van der Waals surface area contributed by atoms with Gasteiger partial charge in [-0.15, -0.1) is 0 Å². The molecule has 7 aromatic rings. The highest BCUT2D eigenvalue weighted by Crippen LogP contribution is 2.34. The van der Waals surface area contributed by atoms with Gasteiger partial charge < -0.3 is 48.6 Å². The van der Waals surface area contributed by atoms with Crippen LogP contribution in [0.25, 0.3) is 0 Å². The van der Waals surface area contributed by atoms with Crippen LogP contribution in [0.5, 0.6) is 0 Å². The lowest BCUT2D eigenvalue weighted by Crippen LogP contribution is -2.44. The van der Waals surface area contributed by atoms with Gasteiger partial charge in [0.15, 0.2) is 0 Å². The van der Waals surface area contributed by atoms with Crippen LogP contribution in [0.3, 0.4) is 0 Å². The SMILES string of the molecule is CC(=O)OC[C@@H](CC(=O)O)C(C)C.CC(=O)OC[C@@H](Cc1ccccc1)C(C)C.CC(C)[C@@H](CO)Cc1ccccc1.CC(C)[C@@H]1COC(=O)[C@@H]1Cc1ccccc1.CC(C)[C@H](Cc1ccccc1)C(=O)N(C)[C@@H](C)[C@@H](O)c1ccccc1.CC(C)[C@H]1COC(=O)C1.CCOC(=O)[C@@H](Cc1ccccc1)[C@H](C)C(C)C.CCOC(=O)[C@H](Cc1ccccc1)[C@H](CBr)C(C)C. The van der Waals surface area contributed by atoms with Gasteiger partial charge in [-0.3, -0.25) is 38.4 Å². The zero-order valence-electron chi connectivity index (χ0n) is 82.0. The number of aliphatic hydroxyl groups is 2. The first-order valence-corrected chi connectivity index (χ1v) is 47.9. The summed E-state index contributed by atoms with van der Waals surface area (Å²) >= 11 is 3.54. The molecule has 129 heavy (non-hydrogen) atoms. The lowest BCUT2D eigenvalue weighted by Gasteiger charge is -2.33. The number of nitrogens with zero attached hydrogens (tertiary/aromatic N) is 1. The van der Waals surface area contributed by atoms with E-state index in [1.54, 1.807) is 11.9 Å². The van der Waals surface area contributed by atoms with Crippen molar-refractivity contribution in [3.63, 3.8) is 0 Å². The minimum atomic E-state index is -0.856. The molecule has 0 spiro atoms. The Hall–Kier alpha value is -9.30. The van der Waals surface area contributed by atoms with Gasteiger partial charge in [0.2, 0.25) is 5.91 Å². The zero-order valence-corrected chi connectivity index (χ0v) is 83.6. The van der Waals surface area contributed by atoms with E-state index >= 15 is 0 Å². The molecule has 0 aromatic heterocycles. The van der Waals surface area contributed by atoms with Crippen molar-refractivity contribution in [2.45, 2.75) is 216 Å². The molecule has 1 amide bonds. The molecule has 3 N–H and O–H groups in total. The minimum absolute atomic E-state index is 0.0254. The van der Waals surface area contributed by atoms with Crippen LogP contribution >= 0.6 is 15.9 Å². The number of amides is 1. The Morgan fingerprint density at radius 1 is 0.442 bits per heavy atom. The fourth-order valence-corrected chi connectivity index (χ4v) is 15.9. The molecule has 0 aliphatic carbocycles. The summed E-state index contributed by atoms with van der Waals surface area (Å²) in [7, 11) is 1.79. The smallest absolute Gasteiger partial charge is 0.309 e. The number of esters is 6. The third kappa shape index (κ3) is 47.4. The minimum Gasteiger partial charge on any atom is -0.481 e. The van der Waals surface area contributed by atoms with Crippen LogP contribution in [0.2, 0.25) is 0 Å². The van der Waals surface area contributed by atoms with Crippen LogP contribution in [0.1, 0.15) is 210 Å². The summed E-state index contributed by atoms with van der Waals surface area (Å²) in [4.78, 5) is 93.0. The molecule has 0 saturated carbocycles. The Morgan fingerprint density at radius 3 is 1.14 bits per heavy atom. The topological polar surface area (TPSA) is 256 Å². The molecule has 2 aliphatic heterocycles. The number of aliphatic carboxylic acids is 1. The fraction of sp³-hybridized carbons (Fsp3) is 0.545. The molecule has 7 aromatic carbocycles. The van der Waals surface area contributed by atoms with Gasteiger partial charge in [-0.25, -0.2) is 0 Å². The molecule has 714 valence electrons. The quantitative estimate of drug-likeness (QED) is 0.0185. The predicted octanol–water partition coefficient (Wildman–Crippen LogP) is 22.6. The normalized spacial score (nSPS) is 16.1. The maximum absolute atomic E-state index is 13.1. The number of carbonyl (C=O) groups excluding carboxylic acids is 7. The van der Waals surface area contributed by atoms with Crippen molar-refractivity contribution in [3.05, 3.63) is 251 Å². The standard InChI is InChI=1S/C22H29NO2.C16H23BrO2.C16H24O2.C14H18O2.C14H20O2.C12H18O.C9H16O4.C7H12O2/c1-16(2)20(15-18-11-7-5-8-12-18)22(25)23(4)17(3)21(24)19-13-9-6-10-14-19;1-4-19-16(18)14(15(11-17)12(2)3)10-13-8-6-5-7-9-13;1-5-18-16(17)15(13(4)12(2)3)11-14-9-7-6-8-10-14;1-10(2)13-9-16-14(15)12(13)8-11-6-4-3-5-7-11;1-11(2)14(10-16-12(3)15)9-13-7-5-4-6-8-13;1-10(2)12(9-13)8-11-6-4-3-5-7-11;1-6(2)8(4-9(11)12)5-13-7(3)10;1-5(2)6-3-7(8)9-4-6/h5-14,16-17,20-21,24H,15H2,1-4H3;5-9,12,14-15H,4,10-11H2,1-3H3;6-10,12-13,15H,5,11H2,1-4H3;3-7,10,12-13H,8-9H2,1-2H3;4-8,11,14H,9-10H2,1-3H3;3-7,10,12-13H,8-9H2,1-2H3;6,8H,4-5H2,1-3H3,(H,11,12);5-6H,3-4H2,1-2H3/t17-,20-,21+;14-,15-;13-,15+;12-,13+;14-;12-;8-;6-/m01111111/s1. The Morgan fingerprint density at radius 2 is 0.814 bits per heavy atom. The van der Waals surface area contributed by atoms with Crippen LogP contribution in [-0.4, -0.2) is 133 Å². The number of carbonyl (C=O) groups is 8. The Balaban J connectivity index is 0.000000506. The van der Waals surface area contributed by atoms with Gasteiger partial charge in [0.1, 0.15) is 0 Å². The van der Waals surface area contributed by atoms with E-state index < -0.39 is 12.1 Å². The number of hydrogen-bond acceptors (Lipinski definition) is 16. The van der Waals surface area contributed by atoms with E-state index in [0.717, 1.165) is 49.4 Å². The number of carboxylic acid groups (broad SMARTS) is 1. The average Bonchev–Trinajstić information content (AvgIpc) is 1.52. The van der Waals surface area contributed by atoms with Crippen LogP contribution in [0, 0.1) is 112 Å². The molecule has 18 nitrogen and oxygen atoms in total. The summed E-state index contributed by atoms with van der Waals surface area (Å²) in [5.41, 5.74) is 8.22. The molecule has 2 fully saturated rings. The second-order valence-corrected chi connectivity index (χ2v) is 37.5. The summed E-state index contributed by atoms with van der Waals surface area (Å²) in [6.45, 7) is 47.4.